The van der Waals surface area contributed by atoms with Crippen LogP contribution in [0.2, 0.25) is 0 Å². The SMILES string of the molecule is Nc1c(S(=O)(=O)N2CCC(Cc3ccccc3)CC2)c2nccnc2n1C1CCCCC1. The molecular formula is C24H31N5O2S. The second-order valence-electron chi connectivity index (χ2n) is 9.14. The number of hydrogen-bond acceptors (Lipinski definition) is 5. The minimum atomic E-state index is -3.75. The number of hydrogen-bond donors (Lipinski definition) is 1. The van der Waals surface area contributed by atoms with Crippen molar-refractivity contribution >= 4 is 27.0 Å². The van der Waals surface area contributed by atoms with Gasteiger partial charge in [-0.1, -0.05) is 49.6 Å². The Hall–Kier alpha value is -2.45. The quantitative estimate of drug-likeness (QED) is 0.626. The lowest BCUT2D eigenvalue weighted by Gasteiger charge is -2.31. The van der Waals surface area contributed by atoms with Crippen LogP contribution >= 0.6 is 0 Å². The Labute approximate surface area is 189 Å². The number of fused-ring (bicyclic) bond motifs is 1. The summed E-state index contributed by atoms with van der Waals surface area (Å²) in [6.45, 7) is 1.02. The van der Waals surface area contributed by atoms with Crippen molar-refractivity contribution in [3.8, 4) is 0 Å². The molecule has 2 aromatic heterocycles. The van der Waals surface area contributed by atoms with Gasteiger partial charge >= 0.3 is 0 Å². The van der Waals surface area contributed by atoms with E-state index < -0.39 is 10.0 Å². The number of rotatable bonds is 5. The Balaban J connectivity index is 1.42. The second-order valence-corrected chi connectivity index (χ2v) is 11.0. The van der Waals surface area contributed by atoms with E-state index in [1.165, 1.54) is 12.0 Å². The van der Waals surface area contributed by atoms with Crippen molar-refractivity contribution in [2.24, 2.45) is 5.92 Å². The van der Waals surface area contributed by atoms with Gasteiger partial charge in [-0.25, -0.2) is 18.4 Å². The first-order valence-corrected chi connectivity index (χ1v) is 13.1. The summed E-state index contributed by atoms with van der Waals surface area (Å²) in [5.74, 6) is 0.786. The van der Waals surface area contributed by atoms with Crippen LogP contribution in [-0.2, 0) is 16.4 Å². The number of nitrogens with zero attached hydrogens (tertiary/aromatic N) is 4. The molecule has 1 saturated heterocycles. The number of aromatic nitrogens is 3. The average molecular weight is 454 g/mol. The zero-order valence-electron chi connectivity index (χ0n) is 18.4. The van der Waals surface area contributed by atoms with Gasteiger partial charge in [-0.3, -0.25) is 0 Å². The Morgan fingerprint density at radius 2 is 1.62 bits per heavy atom. The number of nitrogens with two attached hydrogens (primary N) is 1. The van der Waals surface area contributed by atoms with Gasteiger partial charge in [0, 0.05) is 31.5 Å². The van der Waals surface area contributed by atoms with E-state index in [4.69, 9.17) is 5.73 Å². The maximum Gasteiger partial charge on any atom is 0.248 e. The first-order chi connectivity index (χ1) is 15.6. The highest BCUT2D eigenvalue weighted by molar-refractivity contribution is 7.89. The van der Waals surface area contributed by atoms with Gasteiger partial charge in [0.1, 0.15) is 11.3 Å². The van der Waals surface area contributed by atoms with Gasteiger partial charge in [-0.15, -0.1) is 0 Å². The number of piperidine rings is 1. The van der Waals surface area contributed by atoms with Crippen LogP contribution in [0.1, 0.15) is 56.6 Å². The predicted octanol–water partition coefficient (Wildman–Crippen LogP) is 4.16. The average Bonchev–Trinajstić information content (AvgIpc) is 3.13. The summed E-state index contributed by atoms with van der Waals surface area (Å²) in [6.07, 6.45) is 11.3. The third-order valence-corrected chi connectivity index (χ3v) is 9.06. The molecule has 3 aromatic rings. The Bertz CT molecular complexity index is 1180. The van der Waals surface area contributed by atoms with Crippen molar-refractivity contribution in [3.05, 3.63) is 48.3 Å². The molecule has 0 bridgehead atoms. The monoisotopic (exact) mass is 453 g/mol. The third kappa shape index (κ3) is 3.90. The van der Waals surface area contributed by atoms with Crippen LogP contribution in [0.15, 0.2) is 47.6 Å². The summed E-state index contributed by atoms with van der Waals surface area (Å²) in [7, 11) is -3.75. The number of benzene rings is 1. The lowest BCUT2D eigenvalue weighted by atomic mass is 9.91. The van der Waals surface area contributed by atoms with Crippen LogP contribution < -0.4 is 5.73 Å². The summed E-state index contributed by atoms with van der Waals surface area (Å²) in [5, 5.41) is 0. The summed E-state index contributed by atoms with van der Waals surface area (Å²) >= 11 is 0. The fourth-order valence-electron chi connectivity index (χ4n) is 5.41. The molecule has 0 radical (unpaired) electrons. The van der Waals surface area contributed by atoms with Crippen molar-refractivity contribution in [2.45, 2.75) is 62.3 Å². The largest absolute Gasteiger partial charge is 0.384 e. The van der Waals surface area contributed by atoms with Crippen LogP contribution in [0.3, 0.4) is 0 Å². The molecule has 170 valence electrons. The van der Waals surface area contributed by atoms with Gasteiger partial charge in [0.05, 0.1) is 0 Å². The van der Waals surface area contributed by atoms with E-state index in [1.54, 1.807) is 16.7 Å². The highest BCUT2D eigenvalue weighted by Gasteiger charge is 2.36. The molecule has 0 spiro atoms. The van der Waals surface area contributed by atoms with E-state index in [1.807, 2.05) is 10.6 Å². The summed E-state index contributed by atoms with van der Waals surface area (Å²) in [4.78, 5) is 9.06. The molecule has 5 rings (SSSR count). The second kappa shape index (κ2) is 8.83. The van der Waals surface area contributed by atoms with Crippen molar-refractivity contribution in [1.82, 2.24) is 18.8 Å². The van der Waals surface area contributed by atoms with Crippen molar-refractivity contribution < 1.29 is 8.42 Å². The lowest BCUT2D eigenvalue weighted by molar-refractivity contribution is 0.273. The summed E-state index contributed by atoms with van der Waals surface area (Å²) < 4.78 is 31.0. The third-order valence-electron chi connectivity index (χ3n) is 7.09. The van der Waals surface area contributed by atoms with E-state index >= 15 is 0 Å². The molecule has 0 atom stereocenters. The fourth-order valence-corrected chi connectivity index (χ4v) is 7.11. The molecular weight excluding hydrogens is 422 g/mol. The first-order valence-electron chi connectivity index (χ1n) is 11.7. The van der Waals surface area contributed by atoms with Gasteiger partial charge in [-0.05, 0) is 43.6 Å². The standard InChI is InChI=1S/C24H31N5O2S/c25-23-22(21-24(27-14-13-26-21)29(23)20-9-5-2-6-10-20)32(30,31)28-15-11-19(12-16-28)17-18-7-3-1-4-8-18/h1,3-4,7-8,13-14,19-20H,2,5-6,9-12,15-17,25H2. The molecule has 8 heteroatoms. The predicted molar refractivity (Wildman–Crippen MR) is 126 cm³/mol. The van der Waals surface area contributed by atoms with Gasteiger partial charge in [0.2, 0.25) is 10.0 Å². The molecule has 3 heterocycles. The molecule has 0 amide bonds. The van der Waals surface area contributed by atoms with E-state index in [9.17, 15) is 8.42 Å². The maximum atomic E-state index is 13.7. The number of sulfonamides is 1. The van der Waals surface area contributed by atoms with Crippen LogP contribution in [0.25, 0.3) is 11.2 Å². The van der Waals surface area contributed by atoms with Gasteiger partial charge in [0.25, 0.3) is 0 Å². The molecule has 0 unspecified atom stereocenters. The van der Waals surface area contributed by atoms with Gasteiger partial charge in [-0.2, -0.15) is 4.31 Å². The van der Waals surface area contributed by atoms with Crippen LogP contribution in [0.5, 0.6) is 0 Å². The highest BCUT2D eigenvalue weighted by Crippen LogP contribution is 2.39. The molecule has 1 aromatic carbocycles. The molecule has 1 aliphatic heterocycles. The summed E-state index contributed by atoms with van der Waals surface area (Å²) in [6, 6.07) is 10.6. The van der Waals surface area contributed by atoms with Crippen molar-refractivity contribution in [2.75, 3.05) is 18.8 Å². The molecule has 7 nitrogen and oxygen atoms in total. The lowest BCUT2D eigenvalue weighted by Crippen LogP contribution is -2.39. The Morgan fingerprint density at radius 3 is 2.34 bits per heavy atom. The zero-order valence-corrected chi connectivity index (χ0v) is 19.2. The molecule has 2 aliphatic rings. The highest BCUT2D eigenvalue weighted by atomic mass is 32.2. The zero-order chi connectivity index (χ0) is 22.1. The van der Waals surface area contributed by atoms with E-state index in [0.29, 0.717) is 36.0 Å². The molecule has 1 saturated carbocycles. The molecule has 32 heavy (non-hydrogen) atoms. The normalized spacial score (nSPS) is 19.5. The molecule has 2 N–H and O–H groups in total. The minimum Gasteiger partial charge on any atom is -0.384 e. The smallest absolute Gasteiger partial charge is 0.248 e. The van der Waals surface area contributed by atoms with E-state index in [-0.39, 0.29) is 10.9 Å². The minimum absolute atomic E-state index is 0.146. The van der Waals surface area contributed by atoms with Gasteiger partial charge < -0.3 is 10.3 Å². The van der Waals surface area contributed by atoms with Crippen molar-refractivity contribution in [3.63, 3.8) is 0 Å². The van der Waals surface area contributed by atoms with Crippen LogP contribution in [0, 0.1) is 5.92 Å². The van der Waals surface area contributed by atoms with E-state index in [0.717, 1.165) is 44.9 Å². The van der Waals surface area contributed by atoms with Crippen molar-refractivity contribution in [1.29, 1.82) is 0 Å². The van der Waals surface area contributed by atoms with E-state index in [2.05, 4.69) is 34.2 Å². The molecule has 2 fully saturated rings. The fraction of sp³-hybridized carbons (Fsp3) is 0.500. The summed E-state index contributed by atoms with van der Waals surface area (Å²) in [5.41, 5.74) is 8.85. The van der Waals surface area contributed by atoms with Crippen LogP contribution in [0.4, 0.5) is 5.82 Å². The van der Waals surface area contributed by atoms with Crippen LogP contribution in [-0.4, -0.2) is 40.3 Å². The van der Waals surface area contributed by atoms with Gasteiger partial charge in [0.15, 0.2) is 10.5 Å². The number of nitrogen functional groups attached to an aromatic ring is 1. The Morgan fingerprint density at radius 1 is 0.938 bits per heavy atom. The Kier molecular flexibility index (Phi) is 5.90. The maximum absolute atomic E-state index is 13.7. The topological polar surface area (TPSA) is 94.1 Å². The first kappa shape index (κ1) is 21.4. The molecule has 1 aliphatic carbocycles. The number of anilines is 1.